The minimum atomic E-state index is -3.45. The fourth-order valence-electron chi connectivity index (χ4n) is 5.08. The van der Waals surface area contributed by atoms with E-state index in [2.05, 4.69) is 27.8 Å². The zero-order valence-electron chi connectivity index (χ0n) is 17.1. The first-order chi connectivity index (χ1) is 14.1. The van der Waals surface area contributed by atoms with Crippen molar-refractivity contribution in [2.45, 2.75) is 49.5 Å². The second kappa shape index (κ2) is 8.87. The maximum Gasteiger partial charge on any atom is 0.240 e. The number of halogens is 1. The Balaban J connectivity index is 0.00000218. The van der Waals surface area contributed by atoms with E-state index in [1.54, 1.807) is 23.8 Å². The number of benzene rings is 2. The van der Waals surface area contributed by atoms with Gasteiger partial charge in [0.25, 0.3) is 0 Å². The lowest BCUT2D eigenvalue weighted by molar-refractivity contribution is 0.182. The second-order valence-electron chi connectivity index (χ2n) is 8.30. The van der Waals surface area contributed by atoms with Gasteiger partial charge in [0.05, 0.1) is 11.5 Å². The van der Waals surface area contributed by atoms with Crippen molar-refractivity contribution in [2.75, 3.05) is 26.2 Å². The number of unbranched alkanes of at least 4 members (excludes halogenated alkanes) is 1. The van der Waals surface area contributed by atoms with Crippen LogP contribution in [0.4, 0.5) is 0 Å². The Morgan fingerprint density at radius 1 is 1.03 bits per heavy atom. The molecule has 30 heavy (non-hydrogen) atoms. The van der Waals surface area contributed by atoms with Crippen LogP contribution in [-0.2, 0) is 29.3 Å². The largest absolute Gasteiger partial charge is 0.493 e. The zero-order valence-corrected chi connectivity index (χ0v) is 18.7. The molecule has 0 radical (unpaired) electrons. The third-order valence-corrected chi connectivity index (χ3v) is 8.01. The van der Waals surface area contributed by atoms with Gasteiger partial charge in [0.15, 0.2) is 0 Å². The van der Waals surface area contributed by atoms with Gasteiger partial charge in [-0.2, -0.15) is 0 Å². The molecule has 2 aromatic rings. The molecule has 7 heteroatoms. The van der Waals surface area contributed by atoms with Gasteiger partial charge in [-0.05, 0) is 79.1 Å². The molecule has 5 nitrogen and oxygen atoms in total. The summed E-state index contributed by atoms with van der Waals surface area (Å²) in [6.07, 6.45) is 6.19. The van der Waals surface area contributed by atoms with Crippen molar-refractivity contribution in [2.24, 2.45) is 0 Å². The summed E-state index contributed by atoms with van der Waals surface area (Å²) in [5.41, 5.74) is 5.63. The van der Waals surface area contributed by atoms with Crippen molar-refractivity contribution < 1.29 is 13.2 Å². The molecular formula is C23H29ClN2O3S. The number of aryl methyl sites for hydroxylation is 1. The van der Waals surface area contributed by atoms with Crippen LogP contribution >= 0.6 is 12.4 Å². The normalized spacial score (nSPS) is 19.7. The van der Waals surface area contributed by atoms with E-state index in [4.69, 9.17) is 4.74 Å². The number of hydrogen-bond donors (Lipinski definition) is 1. The van der Waals surface area contributed by atoms with Gasteiger partial charge in [0.2, 0.25) is 10.0 Å². The lowest BCUT2D eigenvalue weighted by Gasteiger charge is -2.35. The molecule has 0 amide bonds. The lowest BCUT2D eigenvalue weighted by Crippen LogP contribution is -2.35. The molecule has 1 unspecified atom stereocenters. The van der Waals surface area contributed by atoms with Gasteiger partial charge in [0.1, 0.15) is 5.75 Å². The molecule has 1 atom stereocenters. The van der Waals surface area contributed by atoms with E-state index in [0.29, 0.717) is 24.1 Å². The number of fused-ring (bicyclic) bond motifs is 1. The van der Waals surface area contributed by atoms with E-state index in [0.717, 1.165) is 50.1 Å². The molecule has 0 fully saturated rings. The van der Waals surface area contributed by atoms with Crippen LogP contribution in [0.5, 0.6) is 5.75 Å². The molecule has 2 heterocycles. The van der Waals surface area contributed by atoms with E-state index >= 15 is 0 Å². The molecule has 0 aromatic heterocycles. The van der Waals surface area contributed by atoms with Gasteiger partial charge in [-0.1, -0.05) is 18.2 Å². The predicted octanol–water partition coefficient (Wildman–Crippen LogP) is 3.65. The maximum absolute atomic E-state index is 12.6. The highest BCUT2D eigenvalue weighted by atomic mass is 35.5. The quantitative estimate of drug-likeness (QED) is 0.657. The second-order valence-corrected chi connectivity index (χ2v) is 10.1. The van der Waals surface area contributed by atoms with Crippen LogP contribution < -0.4 is 9.46 Å². The standard InChI is InChI=1S/C23H28N2O3S.ClH/c26-29(27,20-7-9-22-19(16-20)11-15-28-22)24-12-1-2-13-25-14-10-18-5-3-4-17-6-8-21(25)23(17)18;/h3-5,7,9,16,21,24H,1-2,6,8,10-15H2;1H. The molecule has 0 spiro atoms. The Kier molecular flexibility index (Phi) is 6.39. The number of nitrogens with zero attached hydrogens (tertiary/aromatic N) is 1. The summed E-state index contributed by atoms with van der Waals surface area (Å²) in [5.74, 6) is 0.808. The fraction of sp³-hybridized carbons (Fsp3) is 0.478. The van der Waals surface area contributed by atoms with Crippen molar-refractivity contribution in [3.8, 4) is 5.75 Å². The Labute approximate surface area is 185 Å². The van der Waals surface area contributed by atoms with Gasteiger partial charge in [-0.25, -0.2) is 13.1 Å². The summed E-state index contributed by atoms with van der Waals surface area (Å²) in [6.45, 7) is 3.27. The minimum Gasteiger partial charge on any atom is -0.493 e. The molecule has 1 N–H and O–H groups in total. The van der Waals surface area contributed by atoms with E-state index in [1.807, 2.05) is 0 Å². The van der Waals surface area contributed by atoms with E-state index in [9.17, 15) is 8.42 Å². The fourth-order valence-corrected chi connectivity index (χ4v) is 6.20. The topological polar surface area (TPSA) is 58.6 Å². The van der Waals surface area contributed by atoms with Crippen LogP contribution in [-0.4, -0.2) is 39.6 Å². The predicted molar refractivity (Wildman–Crippen MR) is 120 cm³/mol. The Morgan fingerprint density at radius 3 is 2.73 bits per heavy atom. The van der Waals surface area contributed by atoms with Gasteiger partial charge < -0.3 is 4.74 Å². The molecular weight excluding hydrogens is 420 g/mol. The van der Waals surface area contributed by atoms with Crippen LogP contribution in [0.15, 0.2) is 41.3 Å². The third-order valence-electron chi connectivity index (χ3n) is 6.55. The van der Waals surface area contributed by atoms with Gasteiger partial charge in [0, 0.05) is 25.6 Å². The molecule has 2 aromatic carbocycles. The molecule has 1 aliphatic carbocycles. The average Bonchev–Trinajstić information content (AvgIpc) is 3.37. The number of hydrogen-bond acceptors (Lipinski definition) is 4. The summed E-state index contributed by atoms with van der Waals surface area (Å²) < 4.78 is 33.4. The smallest absolute Gasteiger partial charge is 0.240 e. The van der Waals surface area contributed by atoms with Crippen LogP contribution in [0.25, 0.3) is 0 Å². The van der Waals surface area contributed by atoms with E-state index < -0.39 is 10.0 Å². The number of sulfonamides is 1. The third kappa shape index (κ3) is 4.11. The first kappa shape index (κ1) is 21.6. The van der Waals surface area contributed by atoms with E-state index in [-0.39, 0.29) is 12.4 Å². The van der Waals surface area contributed by atoms with Crippen LogP contribution in [0.2, 0.25) is 0 Å². The van der Waals surface area contributed by atoms with Crippen molar-refractivity contribution >= 4 is 22.4 Å². The van der Waals surface area contributed by atoms with Crippen LogP contribution in [0.1, 0.15) is 47.6 Å². The molecule has 0 saturated carbocycles. The molecule has 0 saturated heterocycles. The molecule has 5 rings (SSSR count). The van der Waals surface area contributed by atoms with Crippen molar-refractivity contribution in [1.29, 1.82) is 0 Å². The van der Waals surface area contributed by atoms with Gasteiger partial charge in [-0.15, -0.1) is 12.4 Å². The summed E-state index contributed by atoms with van der Waals surface area (Å²) >= 11 is 0. The minimum absolute atomic E-state index is 0. The monoisotopic (exact) mass is 448 g/mol. The molecule has 162 valence electrons. The van der Waals surface area contributed by atoms with Crippen molar-refractivity contribution in [3.63, 3.8) is 0 Å². The first-order valence-corrected chi connectivity index (χ1v) is 12.2. The summed E-state index contributed by atoms with van der Waals surface area (Å²) in [6, 6.07) is 12.5. The summed E-state index contributed by atoms with van der Waals surface area (Å²) in [5, 5.41) is 0. The maximum atomic E-state index is 12.6. The number of ether oxygens (including phenoxy) is 1. The van der Waals surface area contributed by atoms with Crippen molar-refractivity contribution in [1.82, 2.24) is 9.62 Å². The SMILES string of the molecule is Cl.O=S(=O)(NCCCCN1CCc2cccc3c2C1CC3)c1ccc2c(c1)CCO2. The van der Waals surface area contributed by atoms with Gasteiger partial charge in [-0.3, -0.25) is 4.90 Å². The highest BCUT2D eigenvalue weighted by Crippen LogP contribution is 2.41. The first-order valence-electron chi connectivity index (χ1n) is 10.7. The Hall–Kier alpha value is -1.60. The van der Waals surface area contributed by atoms with Crippen LogP contribution in [0, 0.1) is 0 Å². The van der Waals surface area contributed by atoms with E-state index in [1.165, 1.54) is 24.0 Å². The zero-order chi connectivity index (χ0) is 19.8. The van der Waals surface area contributed by atoms with Crippen LogP contribution in [0.3, 0.4) is 0 Å². The summed E-state index contributed by atoms with van der Waals surface area (Å²) in [4.78, 5) is 2.95. The summed E-state index contributed by atoms with van der Waals surface area (Å²) in [7, 11) is -3.45. The Morgan fingerprint density at radius 2 is 1.87 bits per heavy atom. The molecule has 2 aliphatic heterocycles. The van der Waals surface area contributed by atoms with Crippen molar-refractivity contribution in [3.05, 3.63) is 58.7 Å². The molecule has 3 aliphatic rings. The average molecular weight is 449 g/mol. The lowest BCUT2D eigenvalue weighted by atomic mass is 9.93. The highest BCUT2D eigenvalue weighted by Gasteiger charge is 2.32. The van der Waals surface area contributed by atoms with Gasteiger partial charge >= 0.3 is 0 Å². The molecule has 0 bridgehead atoms. The Bertz CT molecular complexity index is 1030. The highest BCUT2D eigenvalue weighted by molar-refractivity contribution is 7.89. The number of nitrogens with one attached hydrogen (secondary N) is 1. The number of rotatable bonds is 7.